The van der Waals surface area contributed by atoms with Crippen LogP contribution in [0.1, 0.15) is 0 Å². The Kier molecular flexibility index (Phi) is 6.04. The van der Waals surface area contributed by atoms with Crippen LogP contribution >= 0.6 is 0 Å². The number of aromatic amines is 1. The van der Waals surface area contributed by atoms with Crippen molar-refractivity contribution >= 4 is 22.8 Å². The standard InChI is InChI=1S/C22H22N6O6/c1-27-15-9-14(23-19(15)20(30)28(2)22(27)31)12-5-7-13(8-6-12)34-11-17(29)24-16-10-18(32-3)26-21(25-16)33-4/h5-10,23H,11H2,1-4H3,(H,24,25,26,29). The predicted octanol–water partition coefficient (Wildman–Crippen LogP) is 1.06. The molecule has 2 N–H and O–H groups in total. The number of benzene rings is 1. The molecule has 0 fully saturated rings. The Morgan fingerprint density at radius 1 is 1.03 bits per heavy atom. The summed E-state index contributed by atoms with van der Waals surface area (Å²) in [5.41, 5.74) is 1.51. The highest BCUT2D eigenvalue weighted by molar-refractivity contribution is 5.91. The fraction of sp³-hybridized carbons (Fsp3) is 0.227. The Bertz CT molecular complexity index is 1460. The number of amides is 1. The lowest BCUT2D eigenvalue weighted by molar-refractivity contribution is -0.118. The van der Waals surface area contributed by atoms with Crippen LogP contribution in [-0.4, -0.2) is 50.8 Å². The van der Waals surface area contributed by atoms with E-state index >= 15 is 0 Å². The summed E-state index contributed by atoms with van der Waals surface area (Å²) in [5.74, 6) is 0.496. The van der Waals surface area contributed by atoms with Gasteiger partial charge in [0.25, 0.3) is 11.5 Å². The minimum Gasteiger partial charge on any atom is -0.484 e. The molecule has 0 unspecified atom stereocenters. The summed E-state index contributed by atoms with van der Waals surface area (Å²) in [5, 5.41) is 2.59. The summed E-state index contributed by atoms with van der Waals surface area (Å²) >= 11 is 0. The van der Waals surface area contributed by atoms with Crippen molar-refractivity contribution < 1.29 is 19.0 Å². The molecule has 4 aromatic rings. The lowest BCUT2D eigenvalue weighted by Crippen LogP contribution is -2.36. The highest BCUT2D eigenvalue weighted by Gasteiger charge is 2.13. The number of nitrogens with one attached hydrogen (secondary N) is 2. The zero-order valence-corrected chi connectivity index (χ0v) is 18.9. The summed E-state index contributed by atoms with van der Waals surface area (Å²) in [7, 11) is 5.89. The van der Waals surface area contributed by atoms with E-state index in [-0.39, 0.29) is 24.3 Å². The van der Waals surface area contributed by atoms with Crippen molar-refractivity contribution in [3.8, 4) is 28.9 Å². The summed E-state index contributed by atoms with van der Waals surface area (Å²) in [6.45, 7) is -0.251. The van der Waals surface area contributed by atoms with E-state index < -0.39 is 17.2 Å². The quantitative estimate of drug-likeness (QED) is 0.412. The lowest BCUT2D eigenvalue weighted by atomic mass is 10.1. The number of aryl methyl sites for hydroxylation is 1. The van der Waals surface area contributed by atoms with Gasteiger partial charge < -0.3 is 24.5 Å². The molecular weight excluding hydrogens is 444 g/mol. The van der Waals surface area contributed by atoms with Gasteiger partial charge in [0.2, 0.25) is 5.88 Å². The zero-order chi connectivity index (χ0) is 24.4. The second-order valence-electron chi connectivity index (χ2n) is 7.29. The smallest absolute Gasteiger partial charge is 0.331 e. The lowest BCUT2D eigenvalue weighted by Gasteiger charge is -2.09. The maximum absolute atomic E-state index is 12.4. The average Bonchev–Trinajstić information content (AvgIpc) is 3.30. The Morgan fingerprint density at radius 3 is 2.44 bits per heavy atom. The molecule has 0 atom stereocenters. The van der Waals surface area contributed by atoms with Crippen molar-refractivity contribution in [3.05, 3.63) is 57.2 Å². The van der Waals surface area contributed by atoms with Gasteiger partial charge in [0, 0.05) is 25.9 Å². The monoisotopic (exact) mass is 466 g/mol. The SMILES string of the molecule is COc1cc(NC(=O)COc2ccc(-c3cc4c([nH]3)c(=O)n(C)c(=O)n4C)cc2)nc(OC)n1. The third-order valence-electron chi connectivity index (χ3n) is 5.13. The van der Waals surface area contributed by atoms with Gasteiger partial charge in [-0.1, -0.05) is 0 Å². The van der Waals surface area contributed by atoms with Gasteiger partial charge in [-0.25, -0.2) is 4.79 Å². The number of hydrogen-bond acceptors (Lipinski definition) is 8. The number of H-pyrrole nitrogens is 1. The molecule has 12 heteroatoms. The largest absolute Gasteiger partial charge is 0.484 e. The first-order valence-corrected chi connectivity index (χ1v) is 10.1. The minimum atomic E-state index is -0.431. The topological polar surface area (TPSA) is 142 Å². The van der Waals surface area contributed by atoms with E-state index in [1.807, 2.05) is 0 Å². The molecule has 0 aliphatic carbocycles. The van der Waals surface area contributed by atoms with Crippen LogP contribution in [0.2, 0.25) is 0 Å². The van der Waals surface area contributed by atoms with Crippen molar-refractivity contribution in [1.29, 1.82) is 0 Å². The van der Waals surface area contributed by atoms with E-state index in [2.05, 4.69) is 20.3 Å². The van der Waals surface area contributed by atoms with Crippen LogP contribution in [0, 0.1) is 0 Å². The molecule has 34 heavy (non-hydrogen) atoms. The van der Waals surface area contributed by atoms with Crippen molar-refractivity contribution in [2.75, 3.05) is 26.1 Å². The average molecular weight is 466 g/mol. The molecule has 0 aliphatic heterocycles. The van der Waals surface area contributed by atoms with E-state index in [0.29, 0.717) is 22.5 Å². The molecule has 176 valence electrons. The number of methoxy groups -OCH3 is 2. The second kappa shape index (κ2) is 9.10. The number of anilines is 1. The highest BCUT2D eigenvalue weighted by atomic mass is 16.5. The summed E-state index contributed by atoms with van der Waals surface area (Å²) in [6, 6.07) is 10.2. The third kappa shape index (κ3) is 4.33. The van der Waals surface area contributed by atoms with Crippen LogP contribution in [0.5, 0.6) is 17.6 Å². The number of carbonyl (C=O) groups is 1. The first kappa shape index (κ1) is 22.6. The molecule has 0 radical (unpaired) electrons. The number of carbonyl (C=O) groups excluding carboxylic acids is 1. The molecule has 4 rings (SSSR count). The summed E-state index contributed by atoms with van der Waals surface area (Å²) < 4.78 is 18.0. The van der Waals surface area contributed by atoms with Crippen molar-refractivity contribution in [2.24, 2.45) is 14.1 Å². The molecule has 0 saturated heterocycles. The zero-order valence-electron chi connectivity index (χ0n) is 18.9. The Hall–Kier alpha value is -4.61. The van der Waals surface area contributed by atoms with Crippen LogP contribution in [-0.2, 0) is 18.9 Å². The molecule has 0 bridgehead atoms. The summed E-state index contributed by atoms with van der Waals surface area (Å²) in [4.78, 5) is 47.8. The number of aromatic nitrogens is 5. The Morgan fingerprint density at radius 2 is 1.76 bits per heavy atom. The Labute approximate surface area is 192 Å². The molecular formula is C22H22N6O6. The second-order valence-corrected chi connectivity index (χ2v) is 7.29. The van der Waals surface area contributed by atoms with Gasteiger partial charge in [-0.3, -0.25) is 18.7 Å². The number of fused-ring (bicyclic) bond motifs is 1. The van der Waals surface area contributed by atoms with E-state index in [9.17, 15) is 14.4 Å². The first-order chi connectivity index (χ1) is 16.3. The third-order valence-corrected chi connectivity index (χ3v) is 5.13. The van der Waals surface area contributed by atoms with Gasteiger partial charge in [-0.2, -0.15) is 9.97 Å². The van der Waals surface area contributed by atoms with Crippen molar-refractivity contribution in [2.45, 2.75) is 0 Å². The maximum Gasteiger partial charge on any atom is 0.331 e. The van der Waals surface area contributed by atoms with E-state index in [4.69, 9.17) is 14.2 Å². The summed E-state index contributed by atoms with van der Waals surface area (Å²) in [6.07, 6.45) is 0. The number of ether oxygens (including phenoxy) is 3. The van der Waals surface area contributed by atoms with Crippen LogP contribution in [0.3, 0.4) is 0 Å². The molecule has 3 heterocycles. The van der Waals surface area contributed by atoms with E-state index in [0.717, 1.165) is 10.1 Å². The predicted molar refractivity (Wildman–Crippen MR) is 123 cm³/mol. The first-order valence-electron chi connectivity index (χ1n) is 10.1. The van der Waals surface area contributed by atoms with Crippen molar-refractivity contribution in [3.63, 3.8) is 0 Å². The fourth-order valence-corrected chi connectivity index (χ4v) is 3.33. The van der Waals surface area contributed by atoms with Gasteiger partial charge in [0.15, 0.2) is 6.61 Å². The molecule has 1 amide bonds. The minimum absolute atomic E-state index is 0.0565. The van der Waals surface area contributed by atoms with Crippen molar-refractivity contribution in [1.82, 2.24) is 24.1 Å². The maximum atomic E-state index is 12.4. The molecule has 1 aromatic carbocycles. The number of rotatable bonds is 7. The van der Waals surface area contributed by atoms with E-state index in [1.165, 1.54) is 31.9 Å². The van der Waals surface area contributed by atoms with Crippen LogP contribution in [0.15, 0.2) is 46.0 Å². The molecule has 0 saturated carbocycles. The van der Waals surface area contributed by atoms with Crippen LogP contribution in [0.4, 0.5) is 5.82 Å². The van der Waals surface area contributed by atoms with Gasteiger partial charge >= 0.3 is 11.7 Å². The van der Waals surface area contributed by atoms with Gasteiger partial charge in [0.05, 0.1) is 19.7 Å². The van der Waals surface area contributed by atoms with Gasteiger partial charge in [-0.15, -0.1) is 0 Å². The molecule has 3 aromatic heterocycles. The number of nitrogens with zero attached hydrogens (tertiary/aromatic N) is 4. The molecule has 0 spiro atoms. The fourth-order valence-electron chi connectivity index (χ4n) is 3.33. The van der Waals surface area contributed by atoms with Gasteiger partial charge in [0.1, 0.15) is 17.1 Å². The molecule has 0 aliphatic rings. The van der Waals surface area contributed by atoms with Gasteiger partial charge in [-0.05, 0) is 35.9 Å². The highest BCUT2D eigenvalue weighted by Crippen LogP contribution is 2.24. The Balaban J connectivity index is 1.45. The van der Waals surface area contributed by atoms with Crippen LogP contribution in [0.25, 0.3) is 22.3 Å². The number of hydrogen-bond donors (Lipinski definition) is 2. The molecule has 12 nitrogen and oxygen atoms in total. The normalized spacial score (nSPS) is 10.8. The van der Waals surface area contributed by atoms with E-state index in [1.54, 1.807) is 37.4 Å². The van der Waals surface area contributed by atoms with Crippen LogP contribution < -0.4 is 30.8 Å².